The third kappa shape index (κ3) is 3.82. The van der Waals surface area contributed by atoms with Crippen LogP contribution in [0.1, 0.15) is 13.8 Å². The maximum atomic E-state index is 14.0. The summed E-state index contributed by atoms with van der Waals surface area (Å²) in [6, 6.07) is 0.999. The van der Waals surface area contributed by atoms with E-state index < -0.39 is 26.3 Å². The lowest BCUT2D eigenvalue weighted by Crippen LogP contribution is -2.40. The van der Waals surface area contributed by atoms with E-state index in [-0.39, 0.29) is 21.7 Å². The second kappa shape index (κ2) is 6.15. The molecule has 114 valence electrons. The molecule has 0 saturated carbocycles. The summed E-state index contributed by atoms with van der Waals surface area (Å²) >= 11 is 8.78. The van der Waals surface area contributed by atoms with E-state index in [0.29, 0.717) is 0 Å². The second-order valence-electron chi connectivity index (χ2n) is 4.69. The number of benzene rings is 1. The van der Waals surface area contributed by atoms with Crippen molar-refractivity contribution < 1.29 is 17.5 Å². The lowest BCUT2D eigenvalue weighted by Gasteiger charge is -2.23. The van der Waals surface area contributed by atoms with Crippen LogP contribution in [0.3, 0.4) is 0 Å². The summed E-state index contributed by atoms with van der Waals surface area (Å²) < 4.78 is 45.6. The molecule has 0 aromatic heterocycles. The Labute approximate surface area is 130 Å². The molecule has 0 aliphatic carbocycles. The number of sulfonamides is 1. The predicted octanol–water partition coefficient (Wildman–Crippen LogP) is 2.53. The summed E-state index contributed by atoms with van der Waals surface area (Å²) in [4.78, 5) is -0.602. The number of nitrogens with two attached hydrogens (primary N) is 1. The monoisotopic (exact) mass is 388 g/mol. The summed E-state index contributed by atoms with van der Waals surface area (Å²) in [5.41, 5.74) is 4.38. The van der Waals surface area contributed by atoms with Crippen molar-refractivity contribution in [2.45, 2.75) is 24.3 Å². The molecule has 0 fully saturated rings. The fraction of sp³-hybridized carbons (Fsp3) is 0.455. The molecule has 3 N–H and O–H groups in total. The highest BCUT2D eigenvalue weighted by Gasteiger charge is 2.26. The zero-order valence-corrected chi connectivity index (χ0v) is 14.3. The number of methoxy groups -OCH3 is 1. The summed E-state index contributed by atoms with van der Waals surface area (Å²) in [7, 11) is -2.64. The van der Waals surface area contributed by atoms with Gasteiger partial charge in [-0.15, -0.1) is 0 Å². The Balaban J connectivity index is 3.18. The minimum absolute atomic E-state index is 0.00952. The maximum absolute atomic E-state index is 14.0. The van der Waals surface area contributed by atoms with Crippen molar-refractivity contribution in [1.82, 2.24) is 4.72 Å². The van der Waals surface area contributed by atoms with E-state index in [0.717, 1.165) is 6.07 Å². The molecule has 1 rings (SSSR count). The van der Waals surface area contributed by atoms with Crippen LogP contribution in [0.5, 0.6) is 0 Å². The molecule has 0 heterocycles. The van der Waals surface area contributed by atoms with E-state index in [1.165, 1.54) is 7.11 Å². The van der Waals surface area contributed by atoms with Gasteiger partial charge in [-0.2, -0.15) is 0 Å². The molecule has 0 radical (unpaired) electrons. The summed E-state index contributed by atoms with van der Waals surface area (Å²) in [5, 5.41) is 0.00952. The SMILES string of the molecule is COC(C)(C)CNS(=O)(=O)c1cc(Cl)c(Br)c(N)c1F. The van der Waals surface area contributed by atoms with Crippen molar-refractivity contribution in [2.24, 2.45) is 0 Å². The Kier molecular flexibility index (Phi) is 5.42. The van der Waals surface area contributed by atoms with Gasteiger partial charge in [0.1, 0.15) is 4.90 Å². The number of anilines is 1. The average molecular weight is 390 g/mol. The Morgan fingerprint density at radius 1 is 1.55 bits per heavy atom. The molecule has 1 aromatic carbocycles. The number of hydrogen-bond acceptors (Lipinski definition) is 4. The highest BCUT2D eigenvalue weighted by Crippen LogP contribution is 2.34. The van der Waals surface area contributed by atoms with Crippen molar-refractivity contribution in [3.63, 3.8) is 0 Å². The first-order chi connectivity index (χ1) is 9.02. The fourth-order valence-corrected chi connectivity index (χ4v) is 3.09. The first kappa shape index (κ1) is 17.6. The van der Waals surface area contributed by atoms with Crippen LogP contribution in [-0.4, -0.2) is 27.7 Å². The quantitative estimate of drug-likeness (QED) is 0.599. The van der Waals surface area contributed by atoms with Crippen LogP contribution in [0.2, 0.25) is 5.02 Å². The first-order valence-electron chi connectivity index (χ1n) is 5.49. The Morgan fingerprint density at radius 2 is 2.10 bits per heavy atom. The molecule has 0 spiro atoms. The van der Waals surface area contributed by atoms with Gasteiger partial charge in [0.05, 0.1) is 20.8 Å². The van der Waals surface area contributed by atoms with Gasteiger partial charge < -0.3 is 10.5 Å². The third-order valence-electron chi connectivity index (χ3n) is 2.69. The van der Waals surface area contributed by atoms with Crippen molar-refractivity contribution in [3.8, 4) is 0 Å². The number of nitrogens with one attached hydrogen (secondary N) is 1. The largest absolute Gasteiger partial charge is 0.395 e. The molecule has 0 atom stereocenters. The van der Waals surface area contributed by atoms with Crippen LogP contribution in [0.15, 0.2) is 15.4 Å². The van der Waals surface area contributed by atoms with Crippen molar-refractivity contribution in [3.05, 3.63) is 21.4 Å². The molecule has 5 nitrogen and oxygen atoms in total. The maximum Gasteiger partial charge on any atom is 0.243 e. The molecule has 0 bridgehead atoms. The van der Waals surface area contributed by atoms with E-state index in [9.17, 15) is 12.8 Å². The minimum atomic E-state index is -4.09. The normalized spacial score (nSPS) is 12.7. The highest BCUT2D eigenvalue weighted by molar-refractivity contribution is 9.10. The van der Waals surface area contributed by atoms with Crippen LogP contribution < -0.4 is 10.5 Å². The molecule has 9 heteroatoms. The van der Waals surface area contributed by atoms with Gasteiger partial charge in [0.25, 0.3) is 0 Å². The van der Waals surface area contributed by atoms with E-state index >= 15 is 0 Å². The predicted molar refractivity (Wildman–Crippen MR) is 79.8 cm³/mol. The van der Waals surface area contributed by atoms with Gasteiger partial charge in [-0.25, -0.2) is 17.5 Å². The van der Waals surface area contributed by atoms with Gasteiger partial charge in [-0.1, -0.05) is 11.6 Å². The smallest absolute Gasteiger partial charge is 0.243 e. The van der Waals surface area contributed by atoms with E-state index in [2.05, 4.69) is 20.7 Å². The van der Waals surface area contributed by atoms with Gasteiger partial charge in [-0.3, -0.25) is 0 Å². The number of rotatable bonds is 5. The number of ether oxygens (including phenoxy) is 1. The zero-order valence-electron chi connectivity index (χ0n) is 11.1. The van der Waals surface area contributed by atoms with Gasteiger partial charge >= 0.3 is 0 Å². The molecule has 0 aliphatic rings. The summed E-state index contributed by atoms with van der Waals surface area (Å²) in [6.45, 7) is 3.35. The Hall–Kier alpha value is -0.410. The molecule has 0 aliphatic heterocycles. The molecule has 0 saturated heterocycles. The lowest BCUT2D eigenvalue weighted by molar-refractivity contribution is 0.0276. The van der Waals surface area contributed by atoms with Crippen molar-refractivity contribution >= 4 is 43.2 Å². The highest BCUT2D eigenvalue weighted by atomic mass is 79.9. The molecule has 0 unspecified atom stereocenters. The lowest BCUT2D eigenvalue weighted by atomic mass is 10.1. The third-order valence-corrected chi connectivity index (χ3v) is 5.47. The number of nitrogen functional groups attached to an aromatic ring is 1. The standard InChI is InChI=1S/C11H15BrClFN2O3S/c1-11(2,19-3)5-16-20(17,18)7-4-6(13)8(12)10(15)9(7)14/h4,16H,5,15H2,1-3H3. The Bertz CT molecular complexity index is 623. The minimum Gasteiger partial charge on any atom is -0.395 e. The molecule has 0 amide bonds. The second-order valence-corrected chi connectivity index (χ2v) is 7.62. The van der Waals surface area contributed by atoms with Gasteiger partial charge in [0.2, 0.25) is 10.0 Å². The Morgan fingerprint density at radius 3 is 2.60 bits per heavy atom. The van der Waals surface area contributed by atoms with E-state index in [1.807, 2.05) is 0 Å². The topological polar surface area (TPSA) is 81.4 Å². The van der Waals surface area contributed by atoms with E-state index in [4.69, 9.17) is 22.1 Å². The first-order valence-corrected chi connectivity index (χ1v) is 8.15. The van der Waals surface area contributed by atoms with Crippen molar-refractivity contribution in [2.75, 3.05) is 19.4 Å². The number of halogens is 3. The van der Waals surface area contributed by atoms with Crippen LogP contribution in [-0.2, 0) is 14.8 Å². The van der Waals surface area contributed by atoms with E-state index in [1.54, 1.807) is 13.8 Å². The van der Waals surface area contributed by atoms with Gasteiger partial charge in [0.15, 0.2) is 5.82 Å². The fourth-order valence-electron chi connectivity index (χ4n) is 1.21. The average Bonchev–Trinajstić information content (AvgIpc) is 2.38. The van der Waals surface area contributed by atoms with Crippen molar-refractivity contribution in [1.29, 1.82) is 0 Å². The number of hydrogen-bond donors (Lipinski definition) is 2. The van der Waals surface area contributed by atoms with Crippen LogP contribution in [0.4, 0.5) is 10.1 Å². The van der Waals surface area contributed by atoms with Crippen LogP contribution in [0.25, 0.3) is 0 Å². The van der Waals surface area contributed by atoms with Gasteiger partial charge in [-0.05, 0) is 35.8 Å². The zero-order chi connectivity index (χ0) is 15.7. The summed E-state index contributed by atoms with van der Waals surface area (Å²) in [6.07, 6.45) is 0. The van der Waals surface area contributed by atoms with Gasteiger partial charge in [0, 0.05) is 13.7 Å². The van der Waals surface area contributed by atoms with Crippen LogP contribution in [0, 0.1) is 5.82 Å². The molecular weight excluding hydrogens is 375 g/mol. The molecule has 20 heavy (non-hydrogen) atoms. The molecular formula is C11H15BrClFN2O3S. The molecule has 1 aromatic rings. The summed E-state index contributed by atoms with van der Waals surface area (Å²) in [5.74, 6) is -1.05. The van der Waals surface area contributed by atoms with Crippen LogP contribution >= 0.6 is 27.5 Å².